The lowest BCUT2D eigenvalue weighted by atomic mass is 9.95. The molecule has 0 unspecified atom stereocenters. The van der Waals surface area contributed by atoms with Gasteiger partial charge in [-0.05, 0) is 57.6 Å². The van der Waals surface area contributed by atoms with Gasteiger partial charge >= 0.3 is 12.2 Å². The summed E-state index contributed by atoms with van der Waals surface area (Å²) < 4.78 is 11.0. The predicted octanol–water partition coefficient (Wildman–Crippen LogP) is 4.86. The largest absolute Gasteiger partial charge is 0.444 e. The molecule has 3 amide bonds. The molecule has 4 rings (SSSR count). The second-order valence-electron chi connectivity index (χ2n) is 12.1. The Labute approximate surface area is 262 Å². The van der Waals surface area contributed by atoms with Gasteiger partial charge in [0.1, 0.15) is 18.2 Å². The zero-order valence-corrected chi connectivity index (χ0v) is 26.3. The lowest BCUT2D eigenvalue weighted by Gasteiger charge is -2.29. The van der Waals surface area contributed by atoms with Crippen LogP contribution in [0.5, 0.6) is 0 Å². The van der Waals surface area contributed by atoms with E-state index in [1.165, 1.54) is 16.2 Å². The van der Waals surface area contributed by atoms with Crippen LogP contribution in [0.25, 0.3) is 0 Å². The summed E-state index contributed by atoms with van der Waals surface area (Å²) in [7, 11) is 0. The summed E-state index contributed by atoms with van der Waals surface area (Å²) in [6.45, 7) is 5.46. The van der Waals surface area contributed by atoms with Crippen LogP contribution in [0.2, 0.25) is 0 Å². The van der Waals surface area contributed by atoms with Gasteiger partial charge in [-0.2, -0.15) is 0 Å². The summed E-state index contributed by atoms with van der Waals surface area (Å²) >= 11 is 1.42. The highest BCUT2D eigenvalue weighted by atomic mass is 32.1. The molecular weight excluding hydrogens is 580 g/mol. The summed E-state index contributed by atoms with van der Waals surface area (Å²) in [5.41, 5.74) is 3.07. The number of aliphatic hydroxyl groups excluding tert-OH is 1. The van der Waals surface area contributed by atoms with Crippen LogP contribution >= 0.6 is 11.3 Å². The molecule has 236 valence electrons. The number of benzene rings is 2. The van der Waals surface area contributed by atoms with Crippen LogP contribution in [0.4, 0.5) is 9.59 Å². The Morgan fingerprint density at radius 3 is 2.11 bits per heavy atom. The number of aliphatic hydroxyl groups is 1. The van der Waals surface area contributed by atoms with E-state index in [1.54, 1.807) is 32.5 Å². The molecule has 10 nitrogen and oxygen atoms in total. The Kier molecular flexibility index (Phi) is 11.7. The van der Waals surface area contributed by atoms with Gasteiger partial charge in [-0.15, -0.1) is 11.3 Å². The van der Waals surface area contributed by atoms with Crippen molar-refractivity contribution in [2.24, 2.45) is 0 Å². The molecule has 2 aromatic carbocycles. The van der Waals surface area contributed by atoms with Gasteiger partial charge in [-0.1, -0.05) is 60.7 Å². The number of rotatable bonds is 12. The van der Waals surface area contributed by atoms with Gasteiger partial charge in [0, 0.05) is 24.7 Å². The second kappa shape index (κ2) is 15.7. The summed E-state index contributed by atoms with van der Waals surface area (Å²) in [5, 5.41) is 16.5. The maximum Gasteiger partial charge on any atom is 0.411 e. The Balaban J connectivity index is 1.45. The molecule has 2 heterocycles. The van der Waals surface area contributed by atoms with Crippen molar-refractivity contribution < 1.29 is 29.0 Å². The highest BCUT2D eigenvalue weighted by molar-refractivity contribution is 7.09. The van der Waals surface area contributed by atoms with Crippen LogP contribution in [-0.2, 0) is 33.7 Å². The average molecular weight is 623 g/mol. The number of aromatic nitrogens is 1. The normalized spacial score (nSPS) is 17.9. The van der Waals surface area contributed by atoms with Crippen molar-refractivity contribution >= 4 is 29.4 Å². The predicted molar refractivity (Wildman–Crippen MR) is 168 cm³/mol. The van der Waals surface area contributed by atoms with E-state index in [4.69, 9.17) is 9.47 Å². The SMILES string of the molecule is CC(C)(C)OC(=O)N1C[C@H](O)C[C@H]1C(=O)N[C@@H](CC[C@@H](Cc1ccccc1)NC(=O)OCc1cncs1)Cc1ccccc1. The molecule has 0 aliphatic carbocycles. The maximum atomic E-state index is 13.6. The maximum absolute atomic E-state index is 13.6. The minimum atomic E-state index is -0.849. The van der Waals surface area contributed by atoms with Gasteiger partial charge in [0.2, 0.25) is 5.91 Å². The number of hydrogen-bond acceptors (Lipinski definition) is 8. The molecule has 0 spiro atoms. The van der Waals surface area contributed by atoms with Crippen LogP contribution in [-0.4, -0.2) is 69.5 Å². The van der Waals surface area contributed by atoms with Gasteiger partial charge in [0.15, 0.2) is 0 Å². The van der Waals surface area contributed by atoms with Gasteiger partial charge in [-0.25, -0.2) is 9.59 Å². The number of amides is 3. The van der Waals surface area contributed by atoms with Crippen molar-refractivity contribution in [2.75, 3.05) is 6.54 Å². The van der Waals surface area contributed by atoms with Crippen LogP contribution < -0.4 is 10.6 Å². The van der Waals surface area contributed by atoms with E-state index < -0.39 is 29.9 Å². The van der Waals surface area contributed by atoms with Crippen molar-refractivity contribution in [1.29, 1.82) is 0 Å². The fraction of sp³-hybridized carbons (Fsp3) is 0.455. The highest BCUT2D eigenvalue weighted by Crippen LogP contribution is 2.23. The fourth-order valence-corrected chi connectivity index (χ4v) is 5.70. The fourth-order valence-electron chi connectivity index (χ4n) is 5.19. The number of thiazole rings is 1. The Hall–Kier alpha value is -3.96. The van der Waals surface area contributed by atoms with Crippen LogP contribution in [0.3, 0.4) is 0 Å². The van der Waals surface area contributed by atoms with Gasteiger partial charge in [0.05, 0.1) is 23.0 Å². The van der Waals surface area contributed by atoms with Gasteiger partial charge < -0.3 is 25.2 Å². The molecule has 0 radical (unpaired) electrons. The third-order valence-electron chi connectivity index (χ3n) is 7.22. The smallest absolute Gasteiger partial charge is 0.411 e. The van der Waals surface area contributed by atoms with Gasteiger partial charge in [0.25, 0.3) is 0 Å². The molecule has 44 heavy (non-hydrogen) atoms. The van der Waals surface area contributed by atoms with E-state index in [-0.39, 0.29) is 37.6 Å². The highest BCUT2D eigenvalue weighted by Gasteiger charge is 2.41. The van der Waals surface area contributed by atoms with Crippen molar-refractivity contribution in [3.05, 3.63) is 88.4 Å². The zero-order chi connectivity index (χ0) is 31.5. The molecule has 1 aliphatic heterocycles. The first-order valence-electron chi connectivity index (χ1n) is 14.9. The number of nitrogens with zero attached hydrogens (tertiary/aromatic N) is 2. The first-order chi connectivity index (χ1) is 21.1. The van der Waals surface area contributed by atoms with Gasteiger partial charge in [-0.3, -0.25) is 14.7 Å². The lowest BCUT2D eigenvalue weighted by molar-refractivity contribution is -0.126. The van der Waals surface area contributed by atoms with Crippen LogP contribution in [0.1, 0.15) is 56.0 Å². The van der Waals surface area contributed by atoms with E-state index in [1.807, 2.05) is 60.7 Å². The monoisotopic (exact) mass is 622 g/mol. The first-order valence-corrected chi connectivity index (χ1v) is 15.8. The zero-order valence-electron chi connectivity index (χ0n) is 25.5. The average Bonchev–Trinajstić information content (AvgIpc) is 3.65. The van der Waals surface area contributed by atoms with E-state index in [9.17, 15) is 19.5 Å². The number of hydrogen-bond donors (Lipinski definition) is 3. The quantitative estimate of drug-likeness (QED) is 0.263. The third-order valence-corrected chi connectivity index (χ3v) is 7.97. The van der Waals surface area contributed by atoms with E-state index >= 15 is 0 Å². The number of ether oxygens (including phenoxy) is 2. The first kappa shape index (κ1) is 32.9. The molecule has 1 aromatic heterocycles. The number of β-amino-alcohol motifs (C(OH)–C–C–N with tert-alkyl or cyclic N) is 1. The molecule has 0 saturated carbocycles. The molecule has 11 heteroatoms. The summed E-state index contributed by atoms with van der Waals surface area (Å²) in [6.07, 6.45) is 2.10. The van der Waals surface area contributed by atoms with E-state index in [0.29, 0.717) is 25.7 Å². The standard InChI is InChI=1S/C33H42N4O6S/c1-33(2,3)43-32(41)37-20-27(38)18-29(37)30(39)35-25(16-23-10-6-4-7-11-23)14-15-26(17-24-12-8-5-9-13-24)36-31(40)42-21-28-19-34-22-44-28/h4-13,19,22,25-27,29,38H,14-18,20-21H2,1-3H3,(H,35,39)(H,36,40)/t25-,26-,27+,29-/m0/s1. The molecular formula is C33H42N4O6S. The topological polar surface area (TPSA) is 130 Å². The van der Waals surface area contributed by atoms with Crippen molar-refractivity contribution in [3.8, 4) is 0 Å². The van der Waals surface area contributed by atoms with Crippen molar-refractivity contribution in [1.82, 2.24) is 20.5 Å². The molecule has 1 fully saturated rings. The summed E-state index contributed by atoms with van der Waals surface area (Å²) in [4.78, 5) is 45.4. The Bertz CT molecular complexity index is 1330. The Morgan fingerprint density at radius 1 is 0.977 bits per heavy atom. The molecule has 3 aromatic rings. The summed E-state index contributed by atoms with van der Waals surface area (Å²) in [5.74, 6) is -0.343. The third kappa shape index (κ3) is 10.6. The minimum Gasteiger partial charge on any atom is -0.444 e. The number of carbonyl (C=O) groups is 3. The second-order valence-corrected chi connectivity index (χ2v) is 13.1. The minimum absolute atomic E-state index is 0.0308. The molecule has 3 N–H and O–H groups in total. The lowest BCUT2D eigenvalue weighted by Crippen LogP contribution is -2.50. The molecule has 1 saturated heterocycles. The van der Waals surface area contributed by atoms with Crippen molar-refractivity contribution in [2.45, 2.75) is 89.3 Å². The number of likely N-dealkylation sites (tertiary alicyclic amines) is 1. The Morgan fingerprint density at radius 2 is 1.57 bits per heavy atom. The number of alkyl carbamates (subject to hydrolysis) is 1. The molecule has 1 aliphatic rings. The number of carbonyl (C=O) groups excluding carboxylic acids is 3. The van der Waals surface area contributed by atoms with Crippen molar-refractivity contribution in [3.63, 3.8) is 0 Å². The van der Waals surface area contributed by atoms with Crippen LogP contribution in [0.15, 0.2) is 72.4 Å². The van der Waals surface area contributed by atoms with E-state index in [0.717, 1.165) is 16.0 Å². The molecule has 0 bridgehead atoms. The van der Waals surface area contributed by atoms with Crippen LogP contribution in [0, 0.1) is 0 Å². The molecule has 4 atom stereocenters. The number of nitrogens with one attached hydrogen (secondary N) is 2. The summed E-state index contributed by atoms with van der Waals surface area (Å²) in [6, 6.07) is 18.3. The van der Waals surface area contributed by atoms with E-state index in [2.05, 4.69) is 15.6 Å².